The highest BCUT2D eigenvalue weighted by atomic mass is 16.4. The topological polar surface area (TPSA) is 41.3 Å². The summed E-state index contributed by atoms with van der Waals surface area (Å²) in [4.78, 5) is 7.08. The van der Waals surface area contributed by atoms with E-state index in [-0.39, 0.29) is 0 Å². The SMILES string of the molecule is c1ccc2oc(NC3CCN4CCCC34)nc2c1. The van der Waals surface area contributed by atoms with E-state index >= 15 is 0 Å². The Bertz CT molecular complexity index is 532. The maximum atomic E-state index is 5.74. The molecule has 3 heterocycles. The fourth-order valence-electron chi connectivity index (χ4n) is 3.34. The van der Waals surface area contributed by atoms with Crippen molar-refractivity contribution in [2.45, 2.75) is 31.3 Å². The van der Waals surface area contributed by atoms with Crippen LogP contribution in [0.1, 0.15) is 19.3 Å². The Balaban J connectivity index is 1.57. The highest BCUT2D eigenvalue weighted by Crippen LogP contribution is 2.30. The van der Waals surface area contributed by atoms with Gasteiger partial charge in [-0.1, -0.05) is 12.1 Å². The average molecular weight is 243 g/mol. The van der Waals surface area contributed by atoms with E-state index in [0.29, 0.717) is 18.1 Å². The Morgan fingerprint density at radius 2 is 2.17 bits per heavy atom. The molecule has 2 aromatic rings. The minimum Gasteiger partial charge on any atom is -0.424 e. The third-order valence-corrected chi connectivity index (χ3v) is 4.21. The molecule has 0 bridgehead atoms. The fraction of sp³-hybridized carbons (Fsp3) is 0.500. The molecular weight excluding hydrogens is 226 g/mol. The molecule has 1 aromatic carbocycles. The van der Waals surface area contributed by atoms with Gasteiger partial charge in [-0.05, 0) is 37.9 Å². The molecule has 4 nitrogen and oxygen atoms in total. The number of fused-ring (bicyclic) bond motifs is 2. The predicted molar refractivity (Wildman–Crippen MR) is 70.6 cm³/mol. The molecule has 4 heteroatoms. The molecule has 2 unspecified atom stereocenters. The number of benzene rings is 1. The van der Waals surface area contributed by atoms with Crippen LogP contribution in [-0.4, -0.2) is 35.1 Å². The van der Waals surface area contributed by atoms with Crippen LogP contribution in [0.3, 0.4) is 0 Å². The summed E-state index contributed by atoms with van der Waals surface area (Å²) < 4.78 is 5.74. The Morgan fingerprint density at radius 3 is 3.11 bits per heavy atom. The lowest BCUT2D eigenvalue weighted by atomic mass is 10.1. The van der Waals surface area contributed by atoms with Gasteiger partial charge in [0.05, 0.1) is 0 Å². The standard InChI is InChI=1S/C14H17N3O/c1-2-6-13-11(4-1)16-14(18-13)15-10-7-9-17-8-3-5-12(10)17/h1-2,4,6,10,12H,3,5,7-9H2,(H,15,16). The molecule has 1 aromatic heterocycles. The average Bonchev–Trinajstić information content (AvgIpc) is 3.05. The Morgan fingerprint density at radius 1 is 1.22 bits per heavy atom. The van der Waals surface area contributed by atoms with E-state index in [2.05, 4.69) is 15.2 Å². The molecule has 0 spiro atoms. The highest BCUT2D eigenvalue weighted by molar-refractivity contribution is 5.74. The molecule has 2 saturated heterocycles. The van der Waals surface area contributed by atoms with Crippen LogP contribution in [0.15, 0.2) is 28.7 Å². The maximum Gasteiger partial charge on any atom is 0.295 e. The van der Waals surface area contributed by atoms with Gasteiger partial charge in [-0.15, -0.1) is 0 Å². The van der Waals surface area contributed by atoms with Gasteiger partial charge in [0.1, 0.15) is 5.52 Å². The lowest BCUT2D eigenvalue weighted by molar-refractivity contribution is 0.317. The lowest BCUT2D eigenvalue weighted by Crippen LogP contribution is -2.33. The van der Waals surface area contributed by atoms with Crippen LogP contribution < -0.4 is 5.32 Å². The number of oxazole rings is 1. The van der Waals surface area contributed by atoms with Crippen LogP contribution in [0.2, 0.25) is 0 Å². The third-order valence-electron chi connectivity index (χ3n) is 4.21. The van der Waals surface area contributed by atoms with Gasteiger partial charge in [-0.25, -0.2) is 0 Å². The van der Waals surface area contributed by atoms with Gasteiger partial charge >= 0.3 is 0 Å². The molecule has 0 saturated carbocycles. The first-order chi connectivity index (χ1) is 8.90. The van der Waals surface area contributed by atoms with E-state index < -0.39 is 0 Å². The van der Waals surface area contributed by atoms with E-state index in [1.807, 2.05) is 24.3 Å². The first kappa shape index (κ1) is 10.4. The quantitative estimate of drug-likeness (QED) is 0.879. The fourth-order valence-corrected chi connectivity index (χ4v) is 3.34. The number of nitrogens with one attached hydrogen (secondary N) is 1. The number of hydrogen-bond donors (Lipinski definition) is 1. The van der Waals surface area contributed by atoms with Crippen LogP contribution >= 0.6 is 0 Å². The van der Waals surface area contributed by atoms with Crippen LogP contribution in [-0.2, 0) is 0 Å². The number of rotatable bonds is 2. The largest absolute Gasteiger partial charge is 0.424 e. The number of nitrogens with zero attached hydrogens (tertiary/aromatic N) is 2. The molecule has 2 fully saturated rings. The molecule has 18 heavy (non-hydrogen) atoms. The Kier molecular flexibility index (Phi) is 2.30. The molecule has 0 amide bonds. The lowest BCUT2D eigenvalue weighted by Gasteiger charge is -2.20. The van der Waals surface area contributed by atoms with Crippen molar-refractivity contribution in [3.05, 3.63) is 24.3 Å². The van der Waals surface area contributed by atoms with Gasteiger partial charge < -0.3 is 9.73 Å². The maximum absolute atomic E-state index is 5.74. The molecule has 2 aliphatic heterocycles. The molecule has 2 atom stereocenters. The number of para-hydroxylation sites is 2. The van der Waals surface area contributed by atoms with Gasteiger partial charge in [0.15, 0.2) is 5.58 Å². The zero-order valence-corrected chi connectivity index (χ0v) is 10.3. The molecule has 0 radical (unpaired) electrons. The summed E-state index contributed by atoms with van der Waals surface area (Å²) in [6.07, 6.45) is 3.83. The van der Waals surface area contributed by atoms with Crippen molar-refractivity contribution in [3.63, 3.8) is 0 Å². The van der Waals surface area contributed by atoms with E-state index in [9.17, 15) is 0 Å². The van der Waals surface area contributed by atoms with E-state index in [1.54, 1.807) is 0 Å². The zero-order chi connectivity index (χ0) is 11.9. The van der Waals surface area contributed by atoms with Crippen molar-refractivity contribution in [3.8, 4) is 0 Å². The van der Waals surface area contributed by atoms with Crippen molar-refractivity contribution < 1.29 is 4.42 Å². The Labute approximate surface area is 106 Å². The van der Waals surface area contributed by atoms with Gasteiger partial charge in [-0.2, -0.15) is 4.98 Å². The summed E-state index contributed by atoms with van der Waals surface area (Å²) in [6.45, 7) is 2.47. The highest BCUT2D eigenvalue weighted by Gasteiger charge is 2.37. The summed E-state index contributed by atoms with van der Waals surface area (Å²) >= 11 is 0. The minimum atomic E-state index is 0.501. The first-order valence-electron chi connectivity index (χ1n) is 6.76. The summed E-state index contributed by atoms with van der Waals surface area (Å²) in [7, 11) is 0. The Hall–Kier alpha value is -1.55. The molecule has 4 rings (SSSR count). The number of aromatic nitrogens is 1. The van der Waals surface area contributed by atoms with Gasteiger partial charge in [0.25, 0.3) is 6.01 Å². The summed E-state index contributed by atoms with van der Waals surface area (Å²) in [5.41, 5.74) is 1.79. The van der Waals surface area contributed by atoms with Gasteiger partial charge in [-0.3, -0.25) is 4.90 Å². The van der Waals surface area contributed by atoms with Crippen LogP contribution in [0, 0.1) is 0 Å². The molecular formula is C14H17N3O. The van der Waals surface area contributed by atoms with E-state index in [1.165, 1.54) is 32.4 Å². The molecule has 0 aliphatic carbocycles. The van der Waals surface area contributed by atoms with Crippen LogP contribution in [0.5, 0.6) is 0 Å². The zero-order valence-electron chi connectivity index (χ0n) is 10.3. The van der Waals surface area contributed by atoms with Crippen molar-refractivity contribution >= 4 is 17.1 Å². The first-order valence-corrected chi connectivity index (χ1v) is 6.76. The summed E-state index contributed by atoms with van der Waals surface area (Å²) in [5, 5.41) is 3.48. The van der Waals surface area contributed by atoms with Crippen molar-refractivity contribution in [1.29, 1.82) is 0 Å². The summed E-state index contributed by atoms with van der Waals surface area (Å²) in [5.74, 6) is 0. The molecule has 1 N–H and O–H groups in total. The van der Waals surface area contributed by atoms with Gasteiger partial charge in [0.2, 0.25) is 0 Å². The van der Waals surface area contributed by atoms with Gasteiger partial charge in [0, 0.05) is 18.6 Å². The number of anilines is 1. The minimum absolute atomic E-state index is 0.501. The normalized spacial score (nSPS) is 27.8. The van der Waals surface area contributed by atoms with E-state index in [0.717, 1.165) is 11.1 Å². The second kappa shape index (κ2) is 3.99. The number of hydrogen-bond acceptors (Lipinski definition) is 4. The molecule has 2 aliphatic rings. The van der Waals surface area contributed by atoms with Crippen molar-refractivity contribution in [2.24, 2.45) is 0 Å². The van der Waals surface area contributed by atoms with Crippen molar-refractivity contribution in [1.82, 2.24) is 9.88 Å². The van der Waals surface area contributed by atoms with Crippen LogP contribution in [0.25, 0.3) is 11.1 Å². The molecule has 94 valence electrons. The van der Waals surface area contributed by atoms with E-state index in [4.69, 9.17) is 4.42 Å². The predicted octanol–water partition coefficient (Wildman–Crippen LogP) is 2.48. The second-order valence-electron chi connectivity index (χ2n) is 5.27. The monoisotopic (exact) mass is 243 g/mol. The summed E-state index contributed by atoms with van der Waals surface area (Å²) in [6, 6.07) is 9.77. The third kappa shape index (κ3) is 1.60. The smallest absolute Gasteiger partial charge is 0.295 e. The second-order valence-corrected chi connectivity index (χ2v) is 5.27. The van der Waals surface area contributed by atoms with Crippen LogP contribution in [0.4, 0.5) is 6.01 Å². The van der Waals surface area contributed by atoms with Crippen molar-refractivity contribution in [2.75, 3.05) is 18.4 Å².